The monoisotopic (exact) mass is 432 g/mol. The molecule has 1 aromatic rings. The Morgan fingerprint density at radius 1 is 1.30 bits per heavy atom. The Kier molecular flexibility index (Phi) is 6.67. The van der Waals surface area contributed by atoms with E-state index in [0.29, 0.717) is 19.0 Å². The molecule has 6 nitrogen and oxygen atoms in total. The van der Waals surface area contributed by atoms with E-state index in [-0.39, 0.29) is 36.1 Å². The number of benzene rings is 1. The van der Waals surface area contributed by atoms with Gasteiger partial charge in [-0.3, -0.25) is 0 Å². The molecule has 1 aromatic carbocycles. The van der Waals surface area contributed by atoms with Gasteiger partial charge in [-0.15, -0.1) is 24.0 Å². The standard InChI is InChI=1S/C16H24N4O2.HI/c1-11-5-7-12(8-6-11)18-14(17)19-13-9-20(10-13)15(21)22-16(2,3)4;/h5-8,13H,9-10H2,1-4H3,(H3,17,18,19);1H. The summed E-state index contributed by atoms with van der Waals surface area (Å²) in [4.78, 5) is 17.8. The van der Waals surface area contributed by atoms with E-state index in [0.717, 1.165) is 5.69 Å². The number of nitrogens with zero attached hydrogens (tertiary/aromatic N) is 2. The summed E-state index contributed by atoms with van der Waals surface area (Å²) in [5, 5.41) is 3.04. The fourth-order valence-electron chi connectivity index (χ4n) is 2.03. The predicted octanol–water partition coefficient (Wildman–Crippen LogP) is 2.96. The van der Waals surface area contributed by atoms with Crippen LogP contribution in [-0.2, 0) is 4.74 Å². The van der Waals surface area contributed by atoms with Gasteiger partial charge in [0.1, 0.15) is 5.60 Å². The second-order valence-corrected chi connectivity index (χ2v) is 6.54. The molecule has 128 valence electrons. The molecule has 0 saturated carbocycles. The zero-order chi connectivity index (χ0) is 16.3. The lowest BCUT2D eigenvalue weighted by molar-refractivity contribution is 0.00905. The van der Waals surface area contributed by atoms with Gasteiger partial charge < -0.3 is 20.7 Å². The van der Waals surface area contributed by atoms with Crippen molar-refractivity contribution in [3.05, 3.63) is 29.8 Å². The SMILES string of the molecule is Cc1ccc(NC(N)=NC2CN(C(=O)OC(C)(C)C)C2)cc1.I. The highest BCUT2D eigenvalue weighted by molar-refractivity contribution is 14.0. The van der Waals surface area contributed by atoms with Crippen molar-refractivity contribution in [2.24, 2.45) is 10.7 Å². The Morgan fingerprint density at radius 2 is 1.87 bits per heavy atom. The fourth-order valence-corrected chi connectivity index (χ4v) is 2.03. The van der Waals surface area contributed by atoms with E-state index < -0.39 is 5.60 Å². The van der Waals surface area contributed by atoms with E-state index in [1.165, 1.54) is 5.56 Å². The number of amides is 1. The summed E-state index contributed by atoms with van der Waals surface area (Å²) in [5.41, 5.74) is 7.49. The Morgan fingerprint density at radius 3 is 2.39 bits per heavy atom. The smallest absolute Gasteiger partial charge is 0.410 e. The number of anilines is 1. The molecular weight excluding hydrogens is 407 g/mol. The van der Waals surface area contributed by atoms with Crippen LogP contribution in [0.5, 0.6) is 0 Å². The van der Waals surface area contributed by atoms with Crippen LogP contribution >= 0.6 is 24.0 Å². The Bertz CT molecular complexity index is 560. The number of ether oxygens (including phenoxy) is 1. The van der Waals surface area contributed by atoms with Gasteiger partial charge in [0.05, 0.1) is 6.04 Å². The van der Waals surface area contributed by atoms with E-state index in [4.69, 9.17) is 10.5 Å². The number of nitrogens with two attached hydrogens (primary N) is 1. The molecule has 7 heteroatoms. The van der Waals surface area contributed by atoms with Gasteiger partial charge in [-0.25, -0.2) is 9.79 Å². The summed E-state index contributed by atoms with van der Waals surface area (Å²) in [5.74, 6) is 0.359. The van der Waals surface area contributed by atoms with Crippen LogP contribution in [0.2, 0.25) is 0 Å². The van der Waals surface area contributed by atoms with Crippen LogP contribution in [0, 0.1) is 6.92 Å². The van der Waals surface area contributed by atoms with Crippen LogP contribution in [0.15, 0.2) is 29.3 Å². The number of carbonyl (C=O) groups is 1. The van der Waals surface area contributed by atoms with Crippen LogP contribution in [0.1, 0.15) is 26.3 Å². The normalized spacial score (nSPS) is 15.5. The van der Waals surface area contributed by atoms with E-state index >= 15 is 0 Å². The Balaban J connectivity index is 0.00000264. The first-order valence-electron chi connectivity index (χ1n) is 7.38. The molecule has 0 spiro atoms. The molecule has 0 unspecified atom stereocenters. The van der Waals surface area contributed by atoms with E-state index in [1.54, 1.807) is 4.90 Å². The van der Waals surface area contributed by atoms with Crippen LogP contribution in [-0.4, -0.2) is 41.7 Å². The van der Waals surface area contributed by atoms with Crippen molar-refractivity contribution < 1.29 is 9.53 Å². The predicted molar refractivity (Wildman–Crippen MR) is 103 cm³/mol. The van der Waals surface area contributed by atoms with Gasteiger partial charge in [0.15, 0.2) is 5.96 Å². The molecule has 1 aliphatic heterocycles. The molecular formula is C16H25IN4O2. The summed E-state index contributed by atoms with van der Waals surface area (Å²) in [6, 6.07) is 7.93. The summed E-state index contributed by atoms with van der Waals surface area (Å²) in [6.07, 6.45) is -0.302. The molecule has 1 fully saturated rings. The zero-order valence-corrected chi connectivity index (χ0v) is 16.3. The lowest BCUT2D eigenvalue weighted by Gasteiger charge is -2.37. The van der Waals surface area contributed by atoms with Gasteiger partial charge in [-0.05, 0) is 39.8 Å². The van der Waals surface area contributed by atoms with Crippen molar-refractivity contribution in [3.8, 4) is 0 Å². The number of guanidine groups is 1. The van der Waals surface area contributed by atoms with Crippen molar-refractivity contribution in [1.82, 2.24) is 4.90 Å². The van der Waals surface area contributed by atoms with Crippen molar-refractivity contribution in [2.75, 3.05) is 18.4 Å². The molecule has 0 aliphatic carbocycles. The minimum atomic E-state index is -0.475. The van der Waals surface area contributed by atoms with Crippen LogP contribution < -0.4 is 11.1 Å². The third-order valence-corrected chi connectivity index (χ3v) is 3.16. The van der Waals surface area contributed by atoms with E-state index in [9.17, 15) is 4.79 Å². The number of aryl methyl sites for hydroxylation is 1. The Labute approximate surface area is 154 Å². The van der Waals surface area contributed by atoms with Gasteiger partial charge in [0.2, 0.25) is 0 Å². The molecule has 0 bridgehead atoms. The first-order chi connectivity index (χ1) is 10.2. The van der Waals surface area contributed by atoms with Crippen LogP contribution in [0.4, 0.5) is 10.5 Å². The molecule has 23 heavy (non-hydrogen) atoms. The lowest BCUT2D eigenvalue weighted by atomic mass is 10.1. The molecule has 0 radical (unpaired) electrons. The maximum atomic E-state index is 11.8. The zero-order valence-electron chi connectivity index (χ0n) is 14.0. The molecule has 1 amide bonds. The number of aliphatic imine (C=N–C) groups is 1. The second-order valence-electron chi connectivity index (χ2n) is 6.54. The van der Waals surface area contributed by atoms with Gasteiger partial charge in [0, 0.05) is 18.8 Å². The van der Waals surface area contributed by atoms with Gasteiger partial charge in [-0.2, -0.15) is 0 Å². The molecule has 0 aromatic heterocycles. The highest BCUT2D eigenvalue weighted by Crippen LogP contribution is 2.17. The number of hydrogen-bond acceptors (Lipinski definition) is 3. The van der Waals surface area contributed by atoms with E-state index in [1.807, 2.05) is 52.0 Å². The average molecular weight is 432 g/mol. The third-order valence-electron chi connectivity index (χ3n) is 3.16. The quantitative estimate of drug-likeness (QED) is 0.428. The van der Waals surface area contributed by atoms with Crippen molar-refractivity contribution in [3.63, 3.8) is 0 Å². The Hall–Kier alpha value is -1.51. The highest BCUT2D eigenvalue weighted by Gasteiger charge is 2.33. The fraction of sp³-hybridized carbons (Fsp3) is 0.500. The molecule has 1 saturated heterocycles. The minimum Gasteiger partial charge on any atom is -0.444 e. The molecule has 1 aliphatic rings. The largest absolute Gasteiger partial charge is 0.444 e. The van der Waals surface area contributed by atoms with Gasteiger partial charge in [0.25, 0.3) is 0 Å². The molecule has 2 rings (SSSR count). The van der Waals surface area contributed by atoms with Crippen molar-refractivity contribution >= 4 is 41.7 Å². The molecule has 0 atom stereocenters. The summed E-state index contributed by atoms with van der Waals surface area (Å²) >= 11 is 0. The molecule has 1 heterocycles. The number of rotatable bonds is 2. The maximum Gasteiger partial charge on any atom is 0.410 e. The highest BCUT2D eigenvalue weighted by atomic mass is 127. The minimum absolute atomic E-state index is 0. The van der Waals surface area contributed by atoms with Gasteiger partial charge in [-0.1, -0.05) is 17.7 Å². The maximum absolute atomic E-state index is 11.8. The summed E-state index contributed by atoms with van der Waals surface area (Å²) in [7, 11) is 0. The first kappa shape index (κ1) is 19.5. The number of halogens is 1. The number of carbonyl (C=O) groups excluding carboxylic acids is 1. The van der Waals surface area contributed by atoms with Crippen LogP contribution in [0.25, 0.3) is 0 Å². The molecule has 3 N–H and O–H groups in total. The number of nitrogens with one attached hydrogen (secondary N) is 1. The van der Waals surface area contributed by atoms with Gasteiger partial charge >= 0.3 is 6.09 Å². The van der Waals surface area contributed by atoms with Crippen LogP contribution in [0.3, 0.4) is 0 Å². The third kappa shape index (κ3) is 6.25. The first-order valence-corrected chi connectivity index (χ1v) is 7.38. The summed E-state index contributed by atoms with van der Waals surface area (Å²) in [6.45, 7) is 8.65. The topological polar surface area (TPSA) is 80.0 Å². The van der Waals surface area contributed by atoms with Crippen molar-refractivity contribution in [2.45, 2.75) is 39.3 Å². The number of hydrogen-bond donors (Lipinski definition) is 2. The average Bonchev–Trinajstić information content (AvgIpc) is 2.34. The van der Waals surface area contributed by atoms with E-state index in [2.05, 4.69) is 10.3 Å². The second kappa shape index (κ2) is 7.85. The summed E-state index contributed by atoms with van der Waals surface area (Å²) < 4.78 is 5.29. The van der Waals surface area contributed by atoms with Crippen molar-refractivity contribution in [1.29, 1.82) is 0 Å². The number of likely N-dealkylation sites (tertiary alicyclic amines) is 1. The lowest BCUT2D eigenvalue weighted by Crippen LogP contribution is -2.54.